The van der Waals surface area contributed by atoms with E-state index in [2.05, 4.69) is 20.6 Å². The van der Waals surface area contributed by atoms with E-state index < -0.39 is 12.1 Å². The lowest BCUT2D eigenvalue weighted by atomic mass is 10.1. The third-order valence-corrected chi connectivity index (χ3v) is 3.60. The second kappa shape index (κ2) is 9.08. The van der Waals surface area contributed by atoms with Gasteiger partial charge in [-0.25, -0.2) is 14.8 Å². The summed E-state index contributed by atoms with van der Waals surface area (Å²) in [7, 11) is 0. The van der Waals surface area contributed by atoms with Crippen LogP contribution in [0.15, 0.2) is 42.7 Å². The highest BCUT2D eigenvalue weighted by atomic mass is 19.4. The second-order valence-electron chi connectivity index (χ2n) is 5.63. The number of carboxylic acid groups (broad SMARTS) is 1. The first kappa shape index (κ1) is 20.3. The van der Waals surface area contributed by atoms with Crippen molar-refractivity contribution in [3.63, 3.8) is 0 Å². The van der Waals surface area contributed by atoms with E-state index in [-0.39, 0.29) is 17.8 Å². The minimum absolute atomic E-state index is 0.180. The highest BCUT2D eigenvalue weighted by Crippen LogP contribution is 2.16. The number of benzene rings is 1. The minimum Gasteiger partial charge on any atom is -0.475 e. The Morgan fingerprint density at radius 2 is 1.70 bits per heavy atom. The molecule has 0 bridgehead atoms. The number of hydrogen-bond donors (Lipinski definition) is 3. The zero-order valence-corrected chi connectivity index (χ0v) is 14.0. The van der Waals surface area contributed by atoms with Crippen LogP contribution in [0.2, 0.25) is 0 Å². The summed E-state index contributed by atoms with van der Waals surface area (Å²) in [6, 6.07) is 10.0. The van der Waals surface area contributed by atoms with Crippen LogP contribution >= 0.6 is 0 Å². The molecule has 3 N–H and O–H groups in total. The van der Waals surface area contributed by atoms with Gasteiger partial charge in [0, 0.05) is 30.5 Å². The molecule has 0 unspecified atom stereocenters. The van der Waals surface area contributed by atoms with Gasteiger partial charge >= 0.3 is 12.1 Å². The number of alkyl halides is 3. The van der Waals surface area contributed by atoms with E-state index in [1.807, 2.05) is 30.3 Å². The van der Waals surface area contributed by atoms with Crippen LogP contribution in [0.25, 0.3) is 11.1 Å². The Bertz CT molecular complexity index is 761. The molecule has 0 saturated carbocycles. The molecule has 1 aliphatic heterocycles. The van der Waals surface area contributed by atoms with Gasteiger partial charge in [0.1, 0.15) is 0 Å². The fourth-order valence-electron chi connectivity index (χ4n) is 2.25. The molecule has 7 nitrogen and oxygen atoms in total. The van der Waals surface area contributed by atoms with Crippen LogP contribution < -0.4 is 10.6 Å². The van der Waals surface area contributed by atoms with E-state index in [4.69, 9.17) is 9.90 Å². The maximum atomic E-state index is 12.0. The van der Waals surface area contributed by atoms with Gasteiger partial charge in [-0.05, 0) is 18.5 Å². The van der Waals surface area contributed by atoms with Crippen LogP contribution in [0.1, 0.15) is 17.0 Å². The van der Waals surface area contributed by atoms with Crippen molar-refractivity contribution >= 4 is 11.9 Å². The van der Waals surface area contributed by atoms with Crippen molar-refractivity contribution in [3.05, 3.63) is 48.5 Å². The number of rotatable bonds is 3. The molecular formula is C17H17F3N4O3. The molecule has 27 heavy (non-hydrogen) atoms. The average molecular weight is 382 g/mol. The van der Waals surface area contributed by atoms with Crippen molar-refractivity contribution in [3.8, 4) is 11.1 Å². The maximum Gasteiger partial charge on any atom is 0.490 e. The Morgan fingerprint density at radius 1 is 1.11 bits per heavy atom. The molecule has 0 spiro atoms. The molecule has 1 atom stereocenters. The molecular weight excluding hydrogens is 365 g/mol. The molecule has 1 fully saturated rings. The van der Waals surface area contributed by atoms with Crippen LogP contribution in [0.5, 0.6) is 0 Å². The van der Waals surface area contributed by atoms with Crippen LogP contribution in [0.4, 0.5) is 13.2 Å². The van der Waals surface area contributed by atoms with Gasteiger partial charge in [0.15, 0.2) is 0 Å². The van der Waals surface area contributed by atoms with Crippen LogP contribution in [0, 0.1) is 0 Å². The number of nitrogens with zero attached hydrogens (tertiary/aromatic N) is 2. The summed E-state index contributed by atoms with van der Waals surface area (Å²) in [5.74, 6) is -2.75. The third-order valence-electron chi connectivity index (χ3n) is 3.60. The minimum atomic E-state index is -5.08. The smallest absolute Gasteiger partial charge is 0.475 e. The van der Waals surface area contributed by atoms with E-state index in [0.29, 0.717) is 0 Å². The summed E-state index contributed by atoms with van der Waals surface area (Å²) < 4.78 is 31.7. The van der Waals surface area contributed by atoms with Gasteiger partial charge in [-0.1, -0.05) is 30.3 Å². The van der Waals surface area contributed by atoms with Gasteiger partial charge in [-0.15, -0.1) is 0 Å². The van der Waals surface area contributed by atoms with Crippen molar-refractivity contribution in [2.45, 2.75) is 18.6 Å². The third kappa shape index (κ3) is 6.33. The lowest BCUT2D eigenvalue weighted by Crippen LogP contribution is -2.37. The molecule has 0 aliphatic carbocycles. The normalized spacial score (nSPS) is 16.2. The highest BCUT2D eigenvalue weighted by molar-refractivity contribution is 5.90. The number of carbonyl (C=O) groups is 2. The first-order chi connectivity index (χ1) is 12.8. The molecule has 1 aromatic heterocycles. The molecule has 1 saturated heterocycles. The number of carbonyl (C=O) groups excluding carboxylic acids is 1. The van der Waals surface area contributed by atoms with Crippen LogP contribution in [0.3, 0.4) is 0 Å². The summed E-state index contributed by atoms with van der Waals surface area (Å²) in [5.41, 5.74) is 1.95. The number of aromatic nitrogens is 2. The predicted octanol–water partition coefficient (Wildman–Crippen LogP) is 1.87. The summed E-state index contributed by atoms with van der Waals surface area (Å²) in [5, 5.41) is 13.3. The van der Waals surface area contributed by atoms with E-state index >= 15 is 0 Å². The molecule has 3 rings (SSSR count). The molecule has 0 radical (unpaired) electrons. The number of nitrogens with one attached hydrogen (secondary N) is 2. The van der Waals surface area contributed by atoms with Crippen molar-refractivity contribution < 1.29 is 27.9 Å². The van der Waals surface area contributed by atoms with Gasteiger partial charge in [-0.3, -0.25) is 4.79 Å². The zero-order valence-electron chi connectivity index (χ0n) is 14.0. The SMILES string of the molecule is O=C(N[C@@H]1CCNC1)c1ncc(-c2ccccc2)cn1.O=C(O)C(F)(F)F. The van der Waals surface area contributed by atoms with E-state index in [9.17, 15) is 18.0 Å². The molecule has 1 aromatic carbocycles. The van der Waals surface area contributed by atoms with Crippen LogP contribution in [-0.4, -0.2) is 52.3 Å². The molecule has 2 heterocycles. The largest absolute Gasteiger partial charge is 0.490 e. The topological polar surface area (TPSA) is 104 Å². The van der Waals surface area contributed by atoms with E-state index in [0.717, 1.165) is 30.6 Å². The lowest BCUT2D eigenvalue weighted by Gasteiger charge is -2.10. The van der Waals surface area contributed by atoms with E-state index in [1.165, 1.54) is 0 Å². The Hall–Kier alpha value is -3.01. The number of carboxylic acids is 1. The summed E-state index contributed by atoms with van der Waals surface area (Å²) >= 11 is 0. The molecule has 144 valence electrons. The maximum absolute atomic E-state index is 12.0. The van der Waals surface area contributed by atoms with Gasteiger partial charge < -0.3 is 15.7 Å². The van der Waals surface area contributed by atoms with Crippen molar-refractivity contribution in [1.82, 2.24) is 20.6 Å². The van der Waals surface area contributed by atoms with Gasteiger partial charge in [0.05, 0.1) is 0 Å². The molecule has 1 aliphatic rings. The summed E-state index contributed by atoms with van der Waals surface area (Å²) in [6.45, 7) is 1.76. The van der Waals surface area contributed by atoms with Crippen molar-refractivity contribution in [2.75, 3.05) is 13.1 Å². The standard InChI is InChI=1S/C15H16N4O.C2HF3O2/c20-15(19-13-6-7-16-10-13)14-17-8-12(9-18-14)11-4-2-1-3-5-11;3-2(4,5)1(6)7/h1-5,8-9,13,16H,6-7,10H2,(H,19,20);(H,6,7)/t13-;/m1./s1. The van der Waals surface area contributed by atoms with Gasteiger partial charge in [-0.2, -0.15) is 13.2 Å². The Labute approximate surface area is 152 Å². The number of halogens is 3. The summed E-state index contributed by atoms with van der Waals surface area (Å²) in [6.07, 6.45) is -0.762. The number of aliphatic carboxylic acids is 1. The molecule has 10 heteroatoms. The quantitative estimate of drug-likeness (QED) is 0.749. The lowest BCUT2D eigenvalue weighted by molar-refractivity contribution is -0.192. The Morgan fingerprint density at radius 3 is 2.19 bits per heavy atom. The fraction of sp³-hybridized carbons (Fsp3) is 0.294. The first-order valence-corrected chi connectivity index (χ1v) is 7.96. The predicted molar refractivity (Wildman–Crippen MR) is 89.9 cm³/mol. The van der Waals surface area contributed by atoms with E-state index in [1.54, 1.807) is 12.4 Å². The Kier molecular flexibility index (Phi) is 6.83. The van der Waals surface area contributed by atoms with Gasteiger partial charge in [0.25, 0.3) is 5.91 Å². The second-order valence-corrected chi connectivity index (χ2v) is 5.63. The average Bonchev–Trinajstić information content (AvgIpc) is 3.15. The number of amides is 1. The van der Waals surface area contributed by atoms with Gasteiger partial charge in [0.2, 0.25) is 5.82 Å². The monoisotopic (exact) mass is 382 g/mol. The Balaban J connectivity index is 0.000000321. The highest BCUT2D eigenvalue weighted by Gasteiger charge is 2.38. The van der Waals surface area contributed by atoms with Crippen LogP contribution in [-0.2, 0) is 4.79 Å². The summed E-state index contributed by atoms with van der Waals surface area (Å²) in [4.78, 5) is 29.2. The molecule has 2 aromatic rings. The van der Waals surface area contributed by atoms with Crippen molar-refractivity contribution in [1.29, 1.82) is 0 Å². The molecule has 1 amide bonds. The fourth-order valence-corrected chi connectivity index (χ4v) is 2.25. The number of hydrogen-bond acceptors (Lipinski definition) is 5. The zero-order chi connectivity index (χ0) is 19.9. The van der Waals surface area contributed by atoms with Crippen molar-refractivity contribution in [2.24, 2.45) is 0 Å². The first-order valence-electron chi connectivity index (χ1n) is 7.96.